The molecule has 1 saturated carbocycles. The lowest BCUT2D eigenvalue weighted by atomic mass is 9.69. The highest BCUT2D eigenvalue weighted by Crippen LogP contribution is 2.39. The monoisotopic (exact) mass is 289 g/mol. The third-order valence-corrected chi connectivity index (χ3v) is 4.90. The second kappa shape index (κ2) is 7.90. The SMILES string of the molecule is CCN(Cc1ccncc1)CC1(CNC)CCCC(C)C1. The van der Waals surface area contributed by atoms with Crippen LogP contribution in [0.25, 0.3) is 0 Å². The van der Waals surface area contributed by atoms with Gasteiger partial charge < -0.3 is 5.32 Å². The van der Waals surface area contributed by atoms with Gasteiger partial charge in [-0.05, 0) is 55.5 Å². The van der Waals surface area contributed by atoms with Crippen molar-refractivity contribution in [2.45, 2.75) is 46.1 Å². The Morgan fingerprint density at radius 3 is 2.76 bits per heavy atom. The van der Waals surface area contributed by atoms with E-state index >= 15 is 0 Å². The molecule has 0 bridgehead atoms. The molecule has 1 heterocycles. The van der Waals surface area contributed by atoms with Crippen LogP contribution in [-0.2, 0) is 6.54 Å². The standard InChI is InChI=1S/C18H31N3/c1-4-21(13-17-7-10-20-11-8-17)15-18(14-19-3)9-5-6-16(2)12-18/h7-8,10-11,16,19H,4-6,9,12-15H2,1-3H3. The van der Waals surface area contributed by atoms with Gasteiger partial charge in [-0.1, -0.05) is 26.7 Å². The van der Waals surface area contributed by atoms with Crippen molar-refractivity contribution in [2.75, 3.05) is 26.7 Å². The molecule has 2 rings (SSSR count). The van der Waals surface area contributed by atoms with Crippen LogP contribution in [-0.4, -0.2) is 36.6 Å². The molecular weight excluding hydrogens is 258 g/mol. The molecule has 21 heavy (non-hydrogen) atoms. The lowest BCUT2D eigenvalue weighted by Crippen LogP contribution is -2.45. The van der Waals surface area contributed by atoms with Crippen LogP contribution in [0.5, 0.6) is 0 Å². The number of hydrogen-bond donors (Lipinski definition) is 1. The van der Waals surface area contributed by atoms with Crippen LogP contribution >= 0.6 is 0 Å². The van der Waals surface area contributed by atoms with E-state index in [2.05, 4.69) is 48.2 Å². The summed E-state index contributed by atoms with van der Waals surface area (Å²) in [7, 11) is 2.10. The summed E-state index contributed by atoms with van der Waals surface area (Å²) >= 11 is 0. The van der Waals surface area contributed by atoms with Crippen molar-refractivity contribution in [3.05, 3.63) is 30.1 Å². The van der Waals surface area contributed by atoms with Crippen molar-refractivity contribution in [1.82, 2.24) is 15.2 Å². The van der Waals surface area contributed by atoms with Crippen LogP contribution in [0.2, 0.25) is 0 Å². The van der Waals surface area contributed by atoms with E-state index in [0.29, 0.717) is 5.41 Å². The smallest absolute Gasteiger partial charge is 0.0271 e. The van der Waals surface area contributed by atoms with E-state index < -0.39 is 0 Å². The third-order valence-electron chi connectivity index (χ3n) is 4.90. The lowest BCUT2D eigenvalue weighted by molar-refractivity contribution is 0.0807. The fourth-order valence-corrected chi connectivity index (χ4v) is 4.00. The van der Waals surface area contributed by atoms with E-state index in [1.54, 1.807) is 0 Å². The number of hydrogen-bond acceptors (Lipinski definition) is 3. The maximum atomic E-state index is 4.12. The Labute approximate surface area is 130 Å². The highest BCUT2D eigenvalue weighted by molar-refractivity contribution is 5.09. The van der Waals surface area contributed by atoms with Crippen LogP contribution in [0.1, 0.15) is 45.1 Å². The van der Waals surface area contributed by atoms with Gasteiger partial charge in [0.1, 0.15) is 0 Å². The van der Waals surface area contributed by atoms with E-state index in [9.17, 15) is 0 Å². The first-order chi connectivity index (χ1) is 10.2. The molecule has 1 aromatic heterocycles. The zero-order valence-electron chi connectivity index (χ0n) is 13.9. The van der Waals surface area contributed by atoms with E-state index in [-0.39, 0.29) is 0 Å². The van der Waals surface area contributed by atoms with E-state index in [4.69, 9.17) is 0 Å². The predicted octanol–water partition coefficient (Wildman–Crippen LogP) is 3.32. The Bertz CT molecular complexity index is 402. The second-order valence-corrected chi connectivity index (χ2v) is 6.89. The molecule has 0 saturated heterocycles. The molecule has 1 aliphatic rings. The normalized spacial score (nSPS) is 26.2. The Morgan fingerprint density at radius 1 is 1.38 bits per heavy atom. The summed E-state index contributed by atoms with van der Waals surface area (Å²) in [5, 5.41) is 3.46. The second-order valence-electron chi connectivity index (χ2n) is 6.89. The van der Waals surface area contributed by atoms with Gasteiger partial charge in [-0.25, -0.2) is 0 Å². The molecule has 0 spiro atoms. The molecule has 1 aromatic rings. The van der Waals surface area contributed by atoms with Gasteiger partial charge >= 0.3 is 0 Å². The van der Waals surface area contributed by atoms with Crippen LogP contribution in [0.3, 0.4) is 0 Å². The molecule has 3 heteroatoms. The molecule has 3 nitrogen and oxygen atoms in total. The molecule has 1 N–H and O–H groups in total. The summed E-state index contributed by atoms with van der Waals surface area (Å²) in [5.74, 6) is 0.867. The lowest BCUT2D eigenvalue weighted by Gasteiger charge is -2.43. The van der Waals surface area contributed by atoms with E-state index in [1.165, 1.54) is 37.8 Å². The molecule has 0 radical (unpaired) electrons. The number of rotatable bonds is 7. The van der Waals surface area contributed by atoms with Crippen LogP contribution in [0.15, 0.2) is 24.5 Å². The third kappa shape index (κ3) is 4.79. The van der Waals surface area contributed by atoms with Crippen LogP contribution in [0.4, 0.5) is 0 Å². The first kappa shape index (κ1) is 16.4. The van der Waals surface area contributed by atoms with E-state index in [0.717, 1.165) is 25.6 Å². The minimum Gasteiger partial charge on any atom is -0.319 e. The Hall–Kier alpha value is -0.930. The fraction of sp³-hybridized carbons (Fsp3) is 0.722. The molecule has 0 aliphatic heterocycles. The number of nitrogens with one attached hydrogen (secondary N) is 1. The van der Waals surface area contributed by atoms with Gasteiger partial charge in [0.25, 0.3) is 0 Å². The van der Waals surface area contributed by atoms with Gasteiger partial charge in [0, 0.05) is 32.0 Å². The molecular formula is C18H31N3. The van der Waals surface area contributed by atoms with E-state index in [1.807, 2.05) is 12.4 Å². The van der Waals surface area contributed by atoms with Gasteiger partial charge in [0.2, 0.25) is 0 Å². The van der Waals surface area contributed by atoms with Crippen molar-refractivity contribution in [2.24, 2.45) is 11.3 Å². The average molecular weight is 289 g/mol. The Morgan fingerprint density at radius 2 is 2.14 bits per heavy atom. The summed E-state index contributed by atoms with van der Waals surface area (Å²) in [6.07, 6.45) is 9.31. The molecule has 2 atom stereocenters. The maximum absolute atomic E-state index is 4.12. The topological polar surface area (TPSA) is 28.2 Å². The maximum Gasteiger partial charge on any atom is 0.0271 e. The number of nitrogens with zero attached hydrogens (tertiary/aromatic N) is 2. The fourth-order valence-electron chi connectivity index (χ4n) is 4.00. The van der Waals surface area contributed by atoms with Gasteiger partial charge in [0.15, 0.2) is 0 Å². The molecule has 118 valence electrons. The zero-order valence-corrected chi connectivity index (χ0v) is 13.9. The molecule has 1 aliphatic carbocycles. The van der Waals surface area contributed by atoms with Crippen LogP contribution in [0, 0.1) is 11.3 Å². The minimum atomic E-state index is 0.454. The van der Waals surface area contributed by atoms with Gasteiger partial charge in [-0.3, -0.25) is 9.88 Å². The average Bonchev–Trinajstić information content (AvgIpc) is 2.48. The quantitative estimate of drug-likeness (QED) is 0.834. The number of aromatic nitrogens is 1. The first-order valence-electron chi connectivity index (χ1n) is 8.43. The first-order valence-corrected chi connectivity index (χ1v) is 8.43. The van der Waals surface area contributed by atoms with Crippen LogP contribution < -0.4 is 5.32 Å². The highest BCUT2D eigenvalue weighted by Gasteiger charge is 2.35. The van der Waals surface area contributed by atoms with Crippen molar-refractivity contribution < 1.29 is 0 Å². The van der Waals surface area contributed by atoms with Crippen molar-refractivity contribution in [3.63, 3.8) is 0 Å². The summed E-state index contributed by atoms with van der Waals surface area (Å²) in [5.41, 5.74) is 1.82. The Kier molecular flexibility index (Phi) is 6.19. The Balaban J connectivity index is 2.03. The molecule has 0 aromatic carbocycles. The number of pyridine rings is 1. The van der Waals surface area contributed by atoms with Crippen molar-refractivity contribution in [1.29, 1.82) is 0 Å². The van der Waals surface area contributed by atoms with Gasteiger partial charge in [-0.15, -0.1) is 0 Å². The minimum absolute atomic E-state index is 0.454. The molecule has 1 fully saturated rings. The van der Waals surface area contributed by atoms with Gasteiger partial charge in [0.05, 0.1) is 0 Å². The largest absolute Gasteiger partial charge is 0.319 e. The summed E-state index contributed by atoms with van der Waals surface area (Å²) in [6.45, 7) is 9.20. The summed E-state index contributed by atoms with van der Waals surface area (Å²) < 4.78 is 0. The molecule has 2 unspecified atom stereocenters. The van der Waals surface area contributed by atoms with Crippen molar-refractivity contribution in [3.8, 4) is 0 Å². The summed E-state index contributed by atoms with van der Waals surface area (Å²) in [4.78, 5) is 6.72. The highest BCUT2D eigenvalue weighted by atomic mass is 15.1. The van der Waals surface area contributed by atoms with Gasteiger partial charge in [-0.2, -0.15) is 0 Å². The zero-order chi connectivity index (χ0) is 15.1. The van der Waals surface area contributed by atoms with Crippen molar-refractivity contribution >= 4 is 0 Å². The summed E-state index contributed by atoms with van der Waals surface area (Å²) in [6, 6.07) is 4.27. The predicted molar refractivity (Wildman–Crippen MR) is 89.2 cm³/mol. The molecule has 0 amide bonds.